The Labute approximate surface area is 63.7 Å². The fourth-order valence-corrected chi connectivity index (χ4v) is 0.737. The maximum Gasteiger partial charge on any atom is 0.0760 e. The Morgan fingerprint density at radius 1 is 1.60 bits per heavy atom. The average molecular weight is 142 g/mol. The van der Waals surface area contributed by atoms with Crippen molar-refractivity contribution in [3.63, 3.8) is 0 Å². The fraction of sp³-hybridized carbons (Fsp3) is 0.750. The summed E-state index contributed by atoms with van der Waals surface area (Å²) in [4.78, 5) is 0. The summed E-state index contributed by atoms with van der Waals surface area (Å²) in [5, 5.41) is 6.48. The number of hydrogen-bond donors (Lipinski definition) is 2. The largest absolute Gasteiger partial charge is 0.374 e. The van der Waals surface area contributed by atoms with Gasteiger partial charge in [-0.2, -0.15) is 0 Å². The van der Waals surface area contributed by atoms with Crippen molar-refractivity contribution in [2.45, 2.75) is 33.4 Å². The monoisotopic (exact) mass is 142 g/mol. The Balaban J connectivity index is 3.63. The molecule has 0 aliphatic rings. The van der Waals surface area contributed by atoms with E-state index in [1.165, 1.54) is 5.70 Å². The third-order valence-electron chi connectivity index (χ3n) is 1.59. The molecule has 0 aromatic carbocycles. The van der Waals surface area contributed by atoms with Crippen molar-refractivity contribution in [1.29, 1.82) is 0 Å². The summed E-state index contributed by atoms with van der Waals surface area (Å²) in [6, 6.07) is 0. The molecule has 10 heavy (non-hydrogen) atoms. The second-order valence-electron chi connectivity index (χ2n) is 2.37. The summed E-state index contributed by atoms with van der Waals surface area (Å²) in [7, 11) is 1.96. The molecule has 1 unspecified atom stereocenters. The molecule has 0 aliphatic heterocycles. The standard InChI is InChI=1S/C8H18N2/c1-5-7(3)10-8(6-2)9-4/h5,8-10H,6H2,1-4H3/b7-5-. The van der Waals surface area contributed by atoms with Crippen LogP contribution in [0.4, 0.5) is 0 Å². The Kier molecular flexibility index (Phi) is 5.03. The molecule has 0 spiro atoms. The van der Waals surface area contributed by atoms with Crippen LogP contribution in [0.25, 0.3) is 0 Å². The van der Waals surface area contributed by atoms with E-state index in [2.05, 4.69) is 30.6 Å². The van der Waals surface area contributed by atoms with E-state index in [1.807, 2.05) is 14.0 Å². The molecule has 0 aliphatic carbocycles. The van der Waals surface area contributed by atoms with Crippen molar-refractivity contribution in [2.24, 2.45) is 0 Å². The quantitative estimate of drug-likeness (QED) is 0.581. The number of hydrogen-bond acceptors (Lipinski definition) is 2. The molecule has 2 heteroatoms. The van der Waals surface area contributed by atoms with Gasteiger partial charge in [0.2, 0.25) is 0 Å². The molecule has 0 aromatic heterocycles. The second kappa shape index (κ2) is 5.30. The van der Waals surface area contributed by atoms with Crippen molar-refractivity contribution >= 4 is 0 Å². The normalized spacial score (nSPS) is 15.0. The van der Waals surface area contributed by atoms with Gasteiger partial charge >= 0.3 is 0 Å². The first kappa shape index (κ1) is 9.50. The molecule has 0 saturated heterocycles. The lowest BCUT2D eigenvalue weighted by Crippen LogP contribution is -2.38. The van der Waals surface area contributed by atoms with E-state index in [1.54, 1.807) is 0 Å². The van der Waals surface area contributed by atoms with Crippen molar-refractivity contribution in [2.75, 3.05) is 7.05 Å². The molecule has 2 nitrogen and oxygen atoms in total. The fourth-order valence-electron chi connectivity index (χ4n) is 0.737. The lowest BCUT2D eigenvalue weighted by Gasteiger charge is -2.17. The maximum atomic E-state index is 3.32. The Hall–Kier alpha value is -0.500. The highest BCUT2D eigenvalue weighted by atomic mass is 15.1. The highest BCUT2D eigenvalue weighted by molar-refractivity contribution is 4.93. The van der Waals surface area contributed by atoms with Crippen LogP contribution in [0.5, 0.6) is 0 Å². The van der Waals surface area contributed by atoms with Crippen LogP contribution in [0.2, 0.25) is 0 Å². The lowest BCUT2D eigenvalue weighted by atomic mass is 10.3. The summed E-state index contributed by atoms with van der Waals surface area (Å²) in [6.07, 6.45) is 3.58. The van der Waals surface area contributed by atoms with Crippen molar-refractivity contribution in [3.05, 3.63) is 11.8 Å². The molecule has 0 fully saturated rings. The van der Waals surface area contributed by atoms with Gasteiger partial charge in [0.25, 0.3) is 0 Å². The first-order chi connectivity index (χ1) is 4.74. The number of allylic oxidation sites excluding steroid dienone is 2. The van der Waals surface area contributed by atoms with Crippen molar-refractivity contribution < 1.29 is 0 Å². The smallest absolute Gasteiger partial charge is 0.0760 e. The predicted octanol–water partition coefficient (Wildman–Crippen LogP) is 1.46. The van der Waals surface area contributed by atoms with Crippen LogP contribution in [-0.4, -0.2) is 13.2 Å². The molecule has 0 aromatic rings. The van der Waals surface area contributed by atoms with E-state index >= 15 is 0 Å². The summed E-state index contributed by atoms with van der Waals surface area (Å²) >= 11 is 0. The van der Waals surface area contributed by atoms with Gasteiger partial charge in [-0.3, -0.25) is 0 Å². The molecule has 0 heterocycles. The molecule has 0 radical (unpaired) electrons. The van der Waals surface area contributed by atoms with Crippen LogP contribution in [0.3, 0.4) is 0 Å². The van der Waals surface area contributed by atoms with Gasteiger partial charge < -0.3 is 10.6 Å². The third-order valence-corrected chi connectivity index (χ3v) is 1.59. The van der Waals surface area contributed by atoms with Gasteiger partial charge in [-0.25, -0.2) is 0 Å². The molecule has 0 bridgehead atoms. The molecule has 0 amide bonds. The summed E-state index contributed by atoms with van der Waals surface area (Å²) in [5.41, 5.74) is 1.22. The van der Waals surface area contributed by atoms with Crippen LogP contribution in [0.15, 0.2) is 11.8 Å². The molecule has 0 saturated carbocycles. The second-order valence-corrected chi connectivity index (χ2v) is 2.37. The molecule has 1 atom stereocenters. The van der Waals surface area contributed by atoms with Crippen LogP contribution < -0.4 is 10.6 Å². The summed E-state index contributed by atoms with van der Waals surface area (Å²) in [6.45, 7) is 6.25. The summed E-state index contributed by atoms with van der Waals surface area (Å²) < 4.78 is 0. The van der Waals surface area contributed by atoms with E-state index < -0.39 is 0 Å². The number of nitrogens with one attached hydrogen (secondary N) is 2. The van der Waals surface area contributed by atoms with Crippen LogP contribution in [-0.2, 0) is 0 Å². The van der Waals surface area contributed by atoms with E-state index in [0.29, 0.717) is 6.17 Å². The molecular formula is C8H18N2. The van der Waals surface area contributed by atoms with E-state index in [4.69, 9.17) is 0 Å². The molecule has 0 rings (SSSR count). The van der Waals surface area contributed by atoms with Gasteiger partial charge in [-0.05, 0) is 27.3 Å². The highest BCUT2D eigenvalue weighted by Gasteiger charge is 1.98. The molecule has 2 N–H and O–H groups in total. The first-order valence-electron chi connectivity index (χ1n) is 3.81. The van der Waals surface area contributed by atoms with Gasteiger partial charge in [0.05, 0.1) is 6.17 Å². The van der Waals surface area contributed by atoms with Gasteiger partial charge in [0, 0.05) is 5.70 Å². The number of rotatable bonds is 4. The van der Waals surface area contributed by atoms with Gasteiger partial charge in [-0.1, -0.05) is 13.0 Å². The zero-order chi connectivity index (χ0) is 7.98. The van der Waals surface area contributed by atoms with Gasteiger partial charge in [0.15, 0.2) is 0 Å². The minimum atomic E-state index is 0.413. The molecule has 60 valence electrons. The van der Waals surface area contributed by atoms with E-state index in [9.17, 15) is 0 Å². The van der Waals surface area contributed by atoms with E-state index in [0.717, 1.165) is 6.42 Å². The predicted molar refractivity (Wildman–Crippen MR) is 45.7 cm³/mol. The minimum Gasteiger partial charge on any atom is -0.374 e. The van der Waals surface area contributed by atoms with Crippen LogP contribution >= 0.6 is 0 Å². The zero-order valence-electron chi connectivity index (χ0n) is 7.36. The maximum absolute atomic E-state index is 3.32. The van der Waals surface area contributed by atoms with Crippen molar-refractivity contribution in [3.8, 4) is 0 Å². The lowest BCUT2D eigenvalue weighted by molar-refractivity contribution is 0.484. The van der Waals surface area contributed by atoms with Gasteiger partial charge in [-0.15, -0.1) is 0 Å². The topological polar surface area (TPSA) is 24.1 Å². The third kappa shape index (κ3) is 3.51. The summed E-state index contributed by atoms with van der Waals surface area (Å²) in [5.74, 6) is 0. The Morgan fingerprint density at radius 3 is 2.50 bits per heavy atom. The Bertz CT molecular complexity index is 104. The SMILES string of the molecule is C/C=C(/C)NC(CC)NC. The van der Waals surface area contributed by atoms with E-state index in [-0.39, 0.29) is 0 Å². The van der Waals surface area contributed by atoms with Crippen molar-refractivity contribution in [1.82, 2.24) is 10.6 Å². The molecular weight excluding hydrogens is 124 g/mol. The Morgan fingerprint density at radius 2 is 2.20 bits per heavy atom. The first-order valence-corrected chi connectivity index (χ1v) is 3.81. The van der Waals surface area contributed by atoms with Gasteiger partial charge in [0.1, 0.15) is 0 Å². The minimum absolute atomic E-state index is 0.413. The van der Waals surface area contributed by atoms with Crippen LogP contribution in [0, 0.1) is 0 Å². The average Bonchev–Trinajstić information content (AvgIpc) is 1.99. The zero-order valence-corrected chi connectivity index (χ0v) is 7.36. The van der Waals surface area contributed by atoms with Crippen LogP contribution in [0.1, 0.15) is 27.2 Å². The highest BCUT2D eigenvalue weighted by Crippen LogP contribution is 1.90.